The van der Waals surface area contributed by atoms with Crippen LogP contribution in [0.3, 0.4) is 0 Å². The molecule has 3 rings (SSSR count). The van der Waals surface area contributed by atoms with Gasteiger partial charge >= 0.3 is 6.03 Å². The van der Waals surface area contributed by atoms with E-state index < -0.39 is 6.04 Å². The van der Waals surface area contributed by atoms with Gasteiger partial charge in [0.2, 0.25) is 0 Å². The van der Waals surface area contributed by atoms with Gasteiger partial charge in [-0.3, -0.25) is 14.6 Å². The van der Waals surface area contributed by atoms with Crippen molar-refractivity contribution in [2.75, 3.05) is 25.2 Å². The first-order valence-electron chi connectivity index (χ1n) is 9.52. The van der Waals surface area contributed by atoms with Crippen LogP contribution in [-0.2, 0) is 11.3 Å². The van der Waals surface area contributed by atoms with Crippen LogP contribution in [0.5, 0.6) is 5.75 Å². The van der Waals surface area contributed by atoms with Gasteiger partial charge in [0.05, 0.1) is 13.3 Å². The first kappa shape index (κ1) is 19.9. The molecule has 1 saturated heterocycles. The molecule has 28 heavy (non-hydrogen) atoms. The summed E-state index contributed by atoms with van der Waals surface area (Å²) in [5.74, 6) is 0.658. The minimum absolute atomic E-state index is 0.177. The molecule has 1 aliphatic heterocycles. The summed E-state index contributed by atoms with van der Waals surface area (Å²) in [6.07, 6.45) is 0. The average molecular weight is 381 g/mol. The van der Waals surface area contributed by atoms with Gasteiger partial charge < -0.3 is 4.74 Å². The summed E-state index contributed by atoms with van der Waals surface area (Å²) in [5, 5.41) is 0. The molecule has 0 aliphatic carbocycles. The number of benzene rings is 2. The lowest BCUT2D eigenvalue weighted by Crippen LogP contribution is -2.40. The summed E-state index contributed by atoms with van der Waals surface area (Å²) in [5.41, 5.74) is 2.95. The van der Waals surface area contributed by atoms with E-state index in [2.05, 4.69) is 0 Å². The molecule has 0 radical (unpaired) electrons. The molecular weight excluding hydrogens is 354 g/mol. The lowest BCUT2D eigenvalue weighted by Gasteiger charge is -2.23. The number of anilines is 1. The molecule has 0 saturated carbocycles. The first-order chi connectivity index (χ1) is 13.4. The summed E-state index contributed by atoms with van der Waals surface area (Å²) >= 11 is 0. The fourth-order valence-corrected chi connectivity index (χ4v) is 3.36. The number of hydrogen-bond acceptors (Lipinski definition) is 4. The molecule has 1 heterocycles. The molecule has 3 amide bonds. The Morgan fingerprint density at radius 2 is 1.68 bits per heavy atom. The topological polar surface area (TPSA) is 53.1 Å². The normalized spacial score (nSPS) is 17.0. The van der Waals surface area contributed by atoms with E-state index in [0.717, 1.165) is 22.6 Å². The number of nitrogens with zero attached hydrogens (tertiary/aromatic N) is 3. The molecule has 148 valence electrons. The number of aryl methyl sites for hydroxylation is 1. The van der Waals surface area contributed by atoms with E-state index in [-0.39, 0.29) is 18.6 Å². The maximum Gasteiger partial charge on any atom is 0.333 e. The Bertz CT molecular complexity index is 833. The van der Waals surface area contributed by atoms with Gasteiger partial charge in [0.15, 0.2) is 0 Å². The van der Waals surface area contributed by atoms with Crippen LogP contribution < -0.4 is 9.64 Å². The molecule has 2 aromatic carbocycles. The minimum Gasteiger partial charge on any atom is -0.494 e. The highest BCUT2D eigenvalue weighted by molar-refractivity contribution is 6.14. The van der Waals surface area contributed by atoms with Crippen molar-refractivity contribution in [1.29, 1.82) is 0 Å². The molecule has 2 aromatic rings. The summed E-state index contributed by atoms with van der Waals surface area (Å²) in [6, 6.07) is 14.7. The van der Waals surface area contributed by atoms with Crippen molar-refractivity contribution >= 4 is 17.6 Å². The maximum atomic E-state index is 12.9. The van der Waals surface area contributed by atoms with Crippen molar-refractivity contribution in [3.05, 3.63) is 59.7 Å². The summed E-state index contributed by atoms with van der Waals surface area (Å²) in [6.45, 7) is 7.22. The van der Waals surface area contributed by atoms with Crippen LogP contribution in [0.25, 0.3) is 0 Å². The molecule has 0 aromatic heterocycles. The number of urea groups is 1. The zero-order valence-corrected chi connectivity index (χ0v) is 16.9. The SMILES string of the molecule is CCOc1ccc(CN(C)CN2C(=O)[C@H](C)N(c3ccc(C)cc3)C2=O)cc1. The molecule has 1 aliphatic rings. The smallest absolute Gasteiger partial charge is 0.333 e. The summed E-state index contributed by atoms with van der Waals surface area (Å²) < 4.78 is 5.46. The fraction of sp³-hybridized carbons (Fsp3) is 0.364. The zero-order valence-electron chi connectivity index (χ0n) is 16.9. The highest BCUT2D eigenvalue weighted by Gasteiger charge is 2.43. The van der Waals surface area contributed by atoms with E-state index in [1.165, 1.54) is 4.90 Å². The Morgan fingerprint density at radius 3 is 2.29 bits per heavy atom. The van der Waals surface area contributed by atoms with Crippen LogP contribution in [0.1, 0.15) is 25.0 Å². The largest absolute Gasteiger partial charge is 0.494 e. The monoisotopic (exact) mass is 381 g/mol. The van der Waals surface area contributed by atoms with E-state index in [9.17, 15) is 9.59 Å². The number of hydrogen-bond donors (Lipinski definition) is 0. The van der Waals surface area contributed by atoms with Crippen molar-refractivity contribution in [2.24, 2.45) is 0 Å². The molecule has 0 unspecified atom stereocenters. The number of carbonyl (C=O) groups excluding carboxylic acids is 2. The third-order valence-corrected chi connectivity index (χ3v) is 4.83. The van der Waals surface area contributed by atoms with E-state index in [0.29, 0.717) is 13.2 Å². The predicted molar refractivity (Wildman–Crippen MR) is 109 cm³/mol. The van der Waals surface area contributed by atoms with Crippen LogP contribution in [0, 0.1) is 6.92 Å². The van der Waals surface area contributed by atoms with Crippen molar-refractivity contribution in [3.63, 3.8) is 0 Å². The van der Waals surface area contributed by atoms with Crippen LogP contribution in [0.4, 0.5) is 10.5 Å². The molecule has 6 nitrogen and oxygen atoms in total. The first-order valence-corrected chi connectivity index (χ1v) is 9.52. The van der Waals surface area contributed by atoms with Crippen LogP contribution >= 0.6 is 0 Å². The third kappa shape index (κ3) is 4.17. The molecular formula is C22H27N3O3. The molecule has 0 spiro atoms. The zero-order chi connectivity index (χ0) is 20.3. The molecule has 0 N–H and O–H groups in total. The summed E-state index contributed by atoms with van der Waals surface area (Å²) in [4.78, 5) is 30.4. The molecule has 1 fully saturated rings. The second-order valence-corrected chi connectivity index (χ2v) is 7.16. The molecule has 6 heteroatoms. The number of carbonyl (C=O) groups is 2. The second-order valence-electron chi connectivity index (χ2n) is 7.16. The highest BCUT2D eigenvalue weighted by Crippen LogP contribution is 2.26. The van der Waals surface area contributed by atoms with Gasteiger partial charge in [-0.25, -0.2) is 9.69 Å². The number of ether oxygens (including phenoxy) is 1. The van der Waals surface area contributed by atoms with Gasteiger partial charge in [-0.1, -0.05) is 29.8 Å². The van der Waals surface area contributed by atoms with Crippen LogP contribution in [-0.4, -0.2) is 48.1 Å². The Labute approximate surface area is 166 Å². The van der Waals surface area contributed by atoms with Gasteiger partial charge in [0, 0.05) is 12.2 Å². The maximum absolute atomic E-state index is 12.9. The minimum atomic E-state index is -0.505. The van der Waals surface area contributed by atoms with Gasteiger partial charge in [-0.15, -0.1) is 0 Å². The van der Waals surface area contributed by atoms with Gasteiger partial charge in [0.1, 0.15) is 11.8 Å². The fourth-order valence-electron chi connectivity index (χ4n) is 3.36. The van der Waals surface area contributed by atoms with E-state index in [4.69, 9.17) is 4.74 Å². The standard InChI is InChI=1S/C22H27N3O3/c1-5-28-20-12-8-18(9-13-20)14-23(4)15-24-21(26)17(3)25(22(24)27)19-10-6-16(2)7-11-19/h6-13,17H,5,14-15H2,1-4H3/t17-/m0/s1. The predicted octanol–water partition coefficient (Wildman–Crippen LogP) is 3.64. The van der Waals surface area contributed by atoms with Crippen molar-refractivity contribution in [3.8, 4) is 5.75 Å². The highest BCUT2D eigenvalue weighted by atomic mass is 16.5. The van der Waals surface area contributed by atoms with Crippen LogP contribution in [0.15, 0.2) is 48.5 Å². The van der Waals surface area contributed by atoms with Gasteiger partial charge in [-0.05, 0) is 57.6 Å². The van der Waals surface area contributed by atoms with E-state index in [1.54, 1.807) is 11.8 Å². The third-order valence-electron chi connectivity index (χ3n) is 4.83. The van der Waals surface area contributed by atoms with Crippen molar-refractivity contribution in [2.45, 2.75) is 33.4 Å². The molecule has 1 atom stereocenters. The Balaban J connectivity index is 1.66. The number of imide groups is 1. The molecule has 0 bridgehead atoms. The van der Waals surface area contributed by atoms with Crippen molar-refractivity contribution in [1.82, 2.24) is 9.80 Å². The summed E-state index contributed by atoms with van der Waals surface area (Å²) in [7, 11) is 1.90. The van der Waals surface area contributed by atoms with Crippen molar-refractivity contribution < 1.29 is 14.3 Å². The lowest BCUT2D eigenvalue weighted by molar-refractivity contribution is -0.128. The van der Waals surface area contributed by atoms with E-state index in [1.807, 2.05) is 74.3 Å². The quantitative estimate of drug-likeness (QED) is 0.687. The lowest BCUT2D eigenvalue weighted by atomic mass is 10.2. The Kier molecular flexibility index (Phi) is 5.99. The Morgan fingerprint density at radius 1 is 1.04 bits per heavy atom. The van der Waals surface area contributed by atoms with Gasteiger partial charge in [0.25, 0.3) is 5.91 Å². The Hall–Kier alpha value is -2.86. The number of rotatable bonds is 7. The van der Waals surface area contributed by atoms with Crippen LogP contribution in [0.2, 0.25) is 0 Å². The number of amides is 3. The second kappa shape index (κ2) is 8.44. The average Bonchev–Trinajstić information content (AvgIpc) is 2.88. The van der Waals surface area contributed by atoms with E-state index >= 15 is 0 Å². The van der Waals surface area contributed by atoms with Gasteiger partial charge in [-0.2, -0.15) is 0 Å².